The summed E-state index contributed by atoms with van der Waals surface area (Å²) in [5.74, 6) is -0.680. The van der Waals surface area contributed by atoms with E-state index in [9.17, 15) is 5.21 Å². The molecule has 2 heterocycles. The van der Waals surface area contributed by atoms with Crippen LogP contribution in [0.2, 0.25) is 10.1 Å². The number of oxime groups is 1. The summed E-state index contributed by atoms with van der Waals surface area (Å²) < 4.78 is 29.6. The maximum atomic E-state index is 16.3. The van der Waals surface area contributed by atoms with E-state index in [1.165, 1.54) is 0 Å². The Morgan fingerprint density at radius 3 is 2.07 bits per heavy atom. The molecule has 0 radical (unpaired) electrons. The summed E-state index contributed by atoms with van der Waals surface area (Å²) in [6.45, 7) is 11.9. The second kappa shape index (κ2) is 13.2. The van der Waals surface area contributed by atoms with Crippen LogP contribution < -0.4 is 15.3 Å². The van der Waals surface area contributed by atoms with Gasteiger partial charge >= 0.3 is 0 Å². The molecule has 1 aliphatic heterocycles. The van der Waals surface area contributed by atoms with Crippen molar-refractivity contribution in [2.45, 2.75) is 58.5 Å². The fourth-order valence-corrected chi connectivity index (χ4v) is 11.2. The Morgan fingerprint density at radius 2 is 1.57 bits per heavy atom. The third-order valence-corrected chi connectivity index (χ3v) is 13.4. The number of hydrogen-bond donors (Lipinski definition) is 1. The first-order chi connectivity index (χ1) is 21.1. The Morgan fingerprint density at radius 1 is 1.00 bits per heavy atom. The fraction of sp³-hybridized carbons (Fsp3) is 0.314. The van der Waals surface area contributed by atoms with Crippen molar-refractivity contribution in [3.8, 4) is 0 Å². The Hall–Kier alpha value is -3.56. The van der Waals surface area contributed by atoms with Gasteiger partial charge in [-0.3, -0.25) is 4.98 Å². The molecule has 0 unspecified atom stereocenters. The lowest BCUT2D eigenvalue weighted by molar-refractivity contribution is -0.00532. The van der Waals surface area contributed by atoms with Gasteiger partial charge < -0.3 is 19.3 Å². The van der Waals surface area contributed by atoms with Crippen molar-refractivity contribution in [3.63, 3.8) is 0 Å². The van der Waals surface area contributed by atoms with E-state index in [0.29, 0.717) is 30.0 Å². The van der Waals surface area contributed by atoms with E-state index in [4.69, 9.17) is 20.8 Å². The second-order valence-corrected chi connectivity index (χ2v) is 17.0. The SMILES string of the molecule is C[C@@H]1CN(c2c(CO[Si](c3ccccc3)(c3ccccc3)C(C)(C)C)cc(C(=NO)c3ccccn3)c(F)c2Cl)C[C@H](C)O1. The summed E-state index contributed by atoms with van der Waals surface area (Å²) >= 11 is 6.94. The molecule has 5 rings (SSSR count). The Kier molecular flexibility index (Phi) is 9.55. The normalized spacial score (nSPS) is 18.0. The Balaban J connectivity index is 1.70. The molecular formula is C35H39ClFN3O3Si. The van der Waals surface area contributed by atoms with Gasteiger partial charge in [-0.15, -0.1) is 0 Å². The van der Waals surface area contributed by atoms with Crippen LogP contribution in [0.1, 0.15) is 51.4 Å². The number of rotatable bonds is 8. The molecule has 2 atom stereocenters. The number of ether oxygens (including phenoxy) is 1. The molecule has 0 spiro atoms. The van der Waals surface area contributed by atoms with E-state index in [-0.39, 0.29) is 40.2 Å². The van der Waals surface area contributed by atoms with Crippen molar-refractivity contribution in [1.82, 2.24) is 4.98 Å². The van der Waals surface area contributed by atoms with Crippen molar-refractivity contribution in [2.75, 3.05) is 18.0 Å². The minimum Gasteiger partial charge on any atom is -0.410 e. The number of halogens is 2. The number of hydrogen-bond acceptors (Lipinski definition) is 6. The summed E-state index contributed by atoms with van der Waals surface area (Å²) in [5.41, 5.74) is 1.62. The van der Waals surface area contributed by atoms with Crippen LogP contribution in [0.15, 0.2) is 96.3 Å². The van der Waals surface area contributed by atoms with Crippen molar-refractivity contribution < 1.29 is 18.8 Å². The summed E-state index contributed by atoms with van der Waals surface area (Å²) in [6, 6.07) is 27.6. The molecule has 1 N–H and O–H groups in total. The zero-order valence-corrected chi connectivity index (χ0v) is 27.6. The lowest BCUT2D eigenvalue weighted by atomic mass is 10.0. The van der Waals surface area contributed by atoms with E-state index in [1.807, 2.05) is 50.2 Å². The Labute approximate surface area is 265 Å². The first kappa shape index (κ1) is 31.8. The van der Waals surface area contributed by atoms with Gasteiger partial charge in [0, 0.05) is 30.4 Å². The molecule has 1 fully saturated rings. The van der Waals surface area contributed by atoms with Gasteiger partial charge in [0.15, 0.2) is 5.82 Å². The third kappa shape index (κ3) is 6.17. The minimum absolute atomic E-state index is 0.00744. The van der Waals surface area contributed by atoms with E-state index in [1.54, 1.807) is 30.5 Å². The fourth-order valence-electron chi connectivity index (χ4n) is 6.35. The highest BCUT2D eigenvalue weighted by Crippen LogP contribution is 2.41. The van der Waals surface area contributed by atoms with Gasteiger partial charge in [-0.1, -0.05) is 104 Å². The third-order valence-electron chi connectivity index (χ3n) is 8.12. The molecule has 1 aromatic heterocycles. The molecule has 1 aliphatic rings. The van der Waals surface area contributed by atoms with Gasteiger partial charge in [0.25, 0.3) is 8.32 Å². The van der Waals surface area contributed by atoms with E-state index in [2.05, 4.69) is 60.1 Å². The van der Waals surface area contributed by atoms with Crippen molar-refractivity contribution in [3.05, 3.63) is 119 Å². The standard InChI is InChI=1S/C35H39ClFN3O3Si/c1-24-21-40(22-25(2)43-24)34-26(20-29(32(37)31(34)36)33(39-41)30-18-12-13-19-38-30)23-42-44(35(3,4)5,27-14-8-6-9-15-27)28-16-10-7-11-17-28/h6-20,24-25,41H,21-23H2,1-5H3/t24-,25+. The number of aromatic nitrogens is 1. The molecule has 44 heavy (non-hydrogen) atoms. The molecule has 0 saturated carbocycles. The van der Waals surface area contributed by atoms with Crippen LogP contribution in [-0.4, -0.2) is 49.5 Å². The van der Waals surface area contributed by atoms with Crippen molar-refractivity contribution in [1.29, 1.82) is 0 Å². The van der Waals surface area contributed by atoms with Gasteiger partial charge in [-0.25, -0.2) is 4.39 Å². The number of morpholine rings is 1. The highest BCUT2D eigenvalue weighted by Gasteiger charge is 2.50. The largest absolute Gasteiger partial charge is 0.410 e. The average molecular weight is 632 g/mol. The number of benzene rings is 3. The number of anilines is 1. The summed E-state index contributed by atoms with van der Waals surface area (Å²) in [5, 5.41) is 15.5. The van der Waals surface area contributed by atoms with Crippen molar-refractivity contribution in [2.24, 2.45) is 5.16 Å². The van der Waals surface area contributed by atoms with E-state index >= 15 is 4.39 Å². The van der Waals surface area contributed by atoms with E-state index in [0.717, 1.165) is 10.4 Å². The lowest BCUT2D eigenvalue weighted by Crippen LogP contribution is -2.66. The molecular weight excluding hydrogens is 593 g/mol. The minimum atomic E-state index is -2.95. The van der Waals surface area contributed by atoms with Crippen LogP contribution in [0.5, 0.6) is 0 Å². The van der Waals surface area contributed by atoms with Gasteiger partial charge in [0.1, 0.15) is 10.7 Å². The molecule has 0 bridgehead atoms. The molecule has 1 saturated heterocycles. The number of nitrogens with zero attached hydrogens (tertiary/aromatic N) is 3. The predicted molar refractivity (Wildman–Crippen MR) is 178 cm³/mol. The van der Waals surface area contributed by atoms with Crippen LogP contribution >= 0.6 is 11.6 Å². The summed E-state index contributed by atoms with van der Waals surface area (Å²) in [7, 11) is -2.95. The zero-order valence-electron chi connectivity index (χ0n) is 25.8. The maximum Gasteiger partial charge on any atom is 0.261 e. The highest BCUT2D eigenvalue weighted by atomic mass is 35.5. The molecule has 230 valence electrons. The molecule has 0 aliphatic carbocycles. The zero-order chi connectivity index (χ0) is 31.5. The first-order valence-corrected chi connectivity index (χ1v) is 17.2. The highest BCUT2D eigenvalue weighted by molar-refractivity contribution is 6.99. The van der Waals surface area contributed by atoms with Gasteiger partial charge in [-0.05, 0) is 47.5 Å². The quantitative estimate of drug-likeness (QED) is 0.100. The van der Waals surface area contributed by atoms with Crippen molar-refractivity contribution >= 4 is 41.7 Å². The Bertz CT molecular complexity index is 1550. The lowest BCUT2D eigenvalue weighted by Gasteiger charge is -2.43. The molecule has 6 nitrogen and oxygen atoms in total. The molecule has 9 heteroatoms. The smallest absolute Gasteiger partial charge is 0.261 e. The first-order valence-electron chi connectivity index (χ1n) is 14.9. The second-order valence-electron chi connectivity index (χ2n) is 12.3. The van der Waals surface area contributed by atoms with Crippen LogP contribution in [0.25, 0.3) is 0 Å². The van der Waals surface area contributed by atoms with Crippen LogP contribution in [0.3, 0.4) is 0 Å². The summed E-state index contributed by atoms with van der Waals surface area (Å²) in [6.07, 6.45) is 1.41. The van der Waals surface area contributed by atoms with Crippen LogP contribution in [0.4, 0.5) is 10.1 Å². The summed E-state index contributed by atoms with van der Waals surface area (Å²) in [4.78, 5) is 6.38. The van der Waals surface area contributed by atoms with E-state index < -0.39 is 14.1 Å². The molecule has 0 amide bonds. The van der Waals surface area contributed by atoms with Gasteiger partial charge in [0.2, 0.25) is 0 Å². The average Bonchev–Trinajstić information content (AvgIpc) is 3.00. The van der Waals surface area contributed by atoms with Gasteiger partial charge in [0.05, 0.1) is 30.2 Å². The number of pyridine rings is 1. The van der Waals surface area contributed by atoms with Gasteiger partial charge in [-0.2, -0.15) is 0 Å². The predicted octanol–water partition coefficient (Wildman–Crippen LogP) is 6.79. The molecule has 3 aromatic carbocycles. The molecule has 4 aromatic rings. The topological polar surface area (TPSA) is 67.2 Å². The monoisotopic (exact) mass is 631 g/mol. The maximum absolute atomic E-state index is 16.3. The van der Waals surface area contributed by atoms with Crippen LogP contribution in [0, 0.1) is 5.82 Å². The van der Waals surface area contributed by atoms with Crippen LogP contribution in [-0.2, 0) is 15.8 Å².